The molecule has 0 heterocycles. The fourth-order valence-electron chi connectivity index (χ4n) is 1.92. The molecule has 12 heavy (non-hydrogen) atoms. The van der Waals surface area contributed by atoms with Gasteiger partial charge in [0, 0.05) is 0 Å². The number of hydrogen-bond acceptors (Lipinski definition) is 2. The van der Waals surface area contributed by atoms with E-state index in [1.165, 1.54) is 12.8 Å². The van der Waals surface area contributed by atoms with Gasteiger partial charge in [-0.2, -0.15) is 0 Å². The first kappa shape index (κ1) is 9.56. The highest BCUT2D eigenvalue weighted by Crippen LogP contribution is 2.33. The normalized spacial score (nSPS) is 28.8. The van der Waals surface area contributed by atoms with Crippen molar-refractivity contribution in [1.29, 1.82) is 0 Å². The smallest absolute Gasteiger partial charge is 0.308 e. The van der Waals surface area contributed by atoms with Gasteiger partial charge in [-0.15, -0.1) is 0 Å². The molecule has 1 fully saturated rings. The third kappa shape index (κ3) is 2.23. The van der Waals surface area contributed by atoms with Gasteiger partial charge in [0.15, 0.2) is 0 Å². The Morgan fingerprint density at radius 2 is 2.17 bits per heavy atom. The molecule has 0 aromatic carbocycles. The number of esters is 1. The molecule has 1 aliphatic carbocycles. The summed E-state index contributed by atoms with van der Waals surface area (Å²) in [5, 5.41) is 0. The zero-order chi connectivity index (χ0) is 8.97. The maximum Gasteiger partial charge on any atom is 0.308 e. The second-order valence-electron chi connectivity index (χ2n) is 3.54. The minimum Gasteiger partial charge on any atom is -0.466 e. The van der Waals surface area contributed by atoms with Gasteiger partial charge in [0.1, 0.15) is 0 Å². The Morgan fingerprint density at radius 1 is 1.42 bits per heavy atom. The molecule has 0 radical (unpaired) electrons. The molecule has 2 unspecified atom stereocenters. The molecule has 0 aromatic heterocycles. The molecule has 1 aliphatic rings. The van der Waals surface area contributed by atoms with E-state index in [0.717, 1.165) is 18.8 Å². The molecule has 1 rings (SSSR count). The SMILES string of the molecule is CCOC(=O)C1CCC(CC)C1. The fraction of sp³-hybridized carbons (Fsp3) is 0.900. The van der Waals surface area contributed by atoms with E-state index in [9.17, 15) is 4.79 Å². The molecule has 2 heteroatoms. The van der Waals surface area contributed by atoms with Crippen LogP contribution in [0.25, 0.3) is 0 Å². The monoisotopic (exact) mass is 170 g/mol. The van der Waals surface area contributed by atoms with Gasteiger partial charge in [-0.05, 0) is 32.1 Å². The number of ether oxygens (including phenoxy) is 1. The highest BCUT2D eigenvalue weighted by atomic mass is 16.5. The molecule has 70 valence electrons. The minimum absolute atomic E-state index is 0.0217. The molecule has 0 aromatic rings. The maximum absolute atomic E-state index is 11.3. The van der Waals surface area contributed by atoms with Crippen molar-refractivity contribution >= 4 is 5.97 Å². The lowest BCUT2D eigenvalue weighted by Gasteiger charge is -2.08. The molecule has 0 bridgehead atoms. The van der Waals surface area contributed by atoms with E-state index >= 15 is 0 Å². The van der Waals surface area contributed by atoms with Crippen LogP contribution in [0.1, 0.15) is 39.5 Å². The molecule has 0 spiro atoms. The van der Waals surface area contributed by atoms with E-state index in [2.05, 4.69) is 6.92 Å². The Bertz CT molecular complexity index is 154. The van der Waals surface area contributed by atoms with Crippen LogP contribution in [-0.4, -0.2) is 12.6 Å². The number of hydrogen-bond donors (Lipinski definition) is 0. The average Bonchev–Trinajstić information content (AvgIpc) is 2.52. The zero-order valence-electron chi connectivity index (χ0n) is 8.01. The van der Waals surface area contributed by atoms with Gasteiger partial charge in [-0.3, -0.25) is 4.79 Å². The minimum atomic E-state index is 0.0217. The summed E-state index contributed by atoms with van der Waals surface area (Å²) in [6.45, 7) is 4.58. The van der Waals surface area contributed by atoms with Crippen molar-refractivity contribution in [2.24, 2.45) is 11.8 Å². The van der Waals surface area contributed by atoms with Crippen molar-refractivity contribution in [3.05, 3.63) is 0 Å². The van der Waals surface area contributed by atoms with Gasteiger partial charge in [-0.1, -0.05) is 13.3 Å². The number of carbonyl (C=O) groups is 1. The largest absolute Gasteiger partial charge is 0.466 e. The molecule has 0 N–H and O–H groups in total. The van der Waals surface area contributed by atoms with Crippen molar-refractivity contribution in [3.63, 3.8) is 0 Å². The van der Waals surface area contributed by atoms with E-state index in [1.807, 2.05) is 6.92 Å². The van der Waals surface area contributed by atoms with Crippen LogP contribution < -0.4 is 0 Å². The predicted octanol–water partition coefficient (Wildman–Crippen LogP) is 2.38. The second-order valence-corrected chi connectivity index (χ2v) is 3.54. The van der Waals surface area contributed by atoms with Crippen LogP contribution in [0, 0.1) is 11.8 Å². The van der Waals surface area contributed by atoms with E-state index in [1.54, 1.807) is 0 Å². The van der Waals surface area contributed by atoms with Crippen LogP contribution in [0.2, 0.25) is 0 Å². The van der Waals surface area contributed by atoms with Crippen LogP contribution in [0.5, 0.6) is 0 Å². The first-order chi connectivity index (χ1) is 5.77. The Kier molecular flexibility index (Phi) is 3.57. The predicted molar refractivity (Wildman–Crippen MR) is 47.8 cm³/mol. The van der Waals surface area contributed by atoms with Crippen LogP contribution in [0.3, 0.4) is 0 Å². The van der Waals surface area contributed by atoms with E-state index in [0.29, 0.717) is 6.61 Å². The summed E-state index contributed by atoms with van der Waals surface area (Å²) in [6, 6.07) is 0. The van der Waals surface area contributed by atoms with Crippen molar-refractivity contribution in [1.82, 2.24) is 0 Å². The lowest BCUT2D eigenvalue weighted by atomic mass is 10.0. The van der Waals surface area contributed by atoms with Gasteiger partial charge in [-0.25, -0.2) is 0 Å². The maximum atomic E-state index is 11.3. The third-order valence-corrected chi connectivity index (χ3v) is 2.74. The van der Waals surface area contributed by atoms with Crippen LogP contribution in [-0.2, 0) is 9.53 Å². The highest BCUT2D eigenvalue weighted by molar-refractivity contribution is 5.72. The number of rotatable bonds is 3. The number of carbonyl (C=O) groups excluding carboxylic acids is 1. The summed E-state index contributed by atoms with van der Waals surface area (Å²) in [5.74, 6) is 0.989. The molecule has 0 amide bonds. The Balaban J connectivity index is 2.31. The Morgan fingerprint density at radius 3 is 2.67 bits per heavy atom. The van der Waals surface area contributed by atoms with Gasteiger partial charge < -0.3 is 4.74 Å². The van der Waals surface area contributed by atoms with Crippen molar-refractivity contribution < 1.29 is 9.53 Å². The molecule has 2 atom stereocenters. The summed E-state index contributed by atoms with van der Waals surface area (Å²) in [4.78, 5) is 11.3. The highest BCUT2D eigenvalue weighted by Gasteiger charge is 2.29. The van der Waals surface area contributed by atoms with Crippen molar-refractivity contribution in [2.75, 3.05) is 6.61 Å². The van der Waals surface area contributed by atoms with Gasteiger partial charge in [0.2, 0.25) is 0 Å². The van der Waals surface area contributed by atoms with Crippen LogP contribution >= 0.6 is 0 Å². The average molecular weight is 170 g/mol. The van der Waals surface area contributed by atoms with E-state index < -0.39 is 0 Å². The van der Waals surface area contributed by atoms with Crippen LogP contribution in [0.15, 0.2) is 0 Å². The standard InChI is InChI=1S/C10H18O2/c1-3-8-5-6-9(7-8)10(11)12-4-2/h8-9H,3-7H2,1-2H3. The van der Waals surface area contributed by atoms with Crippen LogP contribution in [0.4, 0.5) is 0 Å². The van der Waals surface area contributed by atoms with Crippen molar-refractivity contribution in [3.8, 4) is 0 Å². The van der Waals surface area contributed by atoms with Gasteiger partial charge in [0.05, 0.1) is 12.5 Å². The quantitative estimate of drug-likeness (QED) is 0.608. The first-order valence-electron chi connectivity index (χ1n) is 4.94. The fourth-order valence-corrected chi connectivity index (χ4v) is 1.92. The Labute approximate surface area is 74.3 Å². The molecular formula is C10H18O2. The van der Waals surface area contributed by atoms with Gasteiger partial charge >= 0.3 is 5.97 Å². The second kappa shape index (κ2) is 4.48. The van der Waals surface area contributed by atoms with E-state index in [4.69, 9.17) is 4.74 Å². The summed E-state index contributed by atoms with van der Waals surface area (Å²) in [6.07, 6.45) is 4.50. The summed E-state index contributed by atoms with van der Waals surface area (Å²) >= 11 is 0. The zero-order valence-corrected chi connectivity index (χ0v) is 8.01. The topological polar surface area (TPSA) is 26.3 Å². The van der Waals surface area contributed by atoms with Gasteiger partial charge in [0.25, 0.3) is 0 Å². The molecular weight excluding hydrogens is 152 g/mol. The molecule has 0 saturated heterocycles. The molecule has 0 aliphatic heterocycles. The Hall–Kier alpha value is -0.530. The lowest BCUT2D eigenvalue weighted by molar-refractivity contribution is -0.147. The first-order valence-corrected chi connectivity index (χ1v) is 4.94. The summed E-state index contributed by atoms with van der Waals surface area (Å²) in [5.41, 5.74) is 0. The summed E-state index contributed by atoms with van der Waals surface area (Å²) in [7, 11) is 0. The molecule has 1 saturated carbocycles. The lowest BCUT2D eigenvalue weighted by Crippen LogP contribution is -2.14. The van der Waals surface area contributed by atoms with E-state index in [-0.39, 0.29) is 11.9 Å². The summed E-state index contributed by atoms with van der Waals surface area (Å²) < 4.78 is 4.98. The molecule has 2 nitrogen and oxygen atoms in total. The third-order valence-electron chi connectivity index (χ3n) is 2.74. The van der Waals surface area contributed by atoms with Crippen molar-refractivity contribution in [2.45, 2.75) is 39.5 Å².